The minimum absolute atomic E-state index is 0.456. The third-order valence-electron chi connectivity index (χ3n) is 2.22. The van der Waals surface area contributed by atoms with Gasteiger partial charge in [0.2, 0.25) is 0 Å². The normalized spacial score (nSPS) is 12.4. The van der Waals surface area contributed by atoms with Crippen molar-refractivity contribution >= 4 is 31.4 Å². The third-order valence-corrected chi connectivity index (χ3v) is 6.21. The molecule has 5 heteroatoms. The monoisotopic (exact) mass is 274 g/mol. The minimum atomic E-state index is -0.862. The Morgan fingerprint density at radius 3 is 2.50 bits per heavy atom. The van der Waals surface area contributed by atoms with Crippen LogP contribution in [0, 0.1) is 0 Å². The van der Waals surface area contributed by atoms with E-state index in [1.54, 1.807) is 11.5 Å². The highest BCUT2D eigenvalue weighted by Gasteiger charge is 2.12. The Kier molecular flexibility index (Phi) is 5.47. The molecule has 0 N–H and O–H groups in total. The zero-order valence-corrected chi connectivity index (χ0v) is 13.5. The zero-order chi connectivity index (χ0) is 12.2. The summed E-state index contributed by atoms with van der Waals surface area (Å²) < 4.78 is 4.37. The van der Waals surface area contributed by atoms with E-state index in [-0.39, 0.29) is 0 Å². The Morgan fingerprint density at radius 1 is 1.31 bits per heavy atom. The first-order valence-corrected chi connectivity index (χ1v) is 11.4. The second-order valence-corrected chi connectivity index (χ2v) is 13.1. The molecule has 0 aliphatic heterocycles. The number of aromatic nitrogens is 2. The van der Waals surface area contributed by atoms with Crippen LogP contribution in [0.15, 0.2) is 0 Å². The molecule has 2 nitrogen and oxygen atoms in total. The molecule has 0 aliphatic carbocycles. The van der Waals surface area contributed by atoms with Gasteiger partial charge in [-0.25, -0.2) is 4.98 Å². The summed E-state index contributed by atoms with van der Waals surface area (Å²) in [6.45, 7) is 11.6. The van der Waals surface area contributed by atoms with Crippen LogP contribution in [0.3, 0.4) is 0 Å². The second kappa shape index (κ2) is 6.17. The van der Waals surface area contributed by atoms with Crippen LogP contribution in [-0.4, -0.2) is 23.2 Å². The van der Waals surface area contributed by atoms with Crippen molar-refractivity contribution < 1.29 is 0 Å². The molecule has 0 saturated heterocycles. The first-order chi connectivity index (χ1) is 7.38. The van der Waals surface area contributed by atoms with Crippen molar-refractivity contribution in [2.45, 2.75) is 51.2 Å². The van der Waals surface area contributed by atoms with E-state index in [2.05, 4.69) is 42.8 Å². The zero-order valence-electron chi connectivity index (χ0n) is 10.9. The molecule has 0 aromatic carbocycles. The summed E-state index contributed by atoms with van der Waals surface area (Å²) in [6, 6.07) is 1.40. The Labute approximate surface area is 108 Å². The molecule has 0 aliphatic rings. The predicted molar refractivity (Wildman–Crippen MR) is 78.3 cm³/mol. The fourth-order valence-electron chi connectivity index (χ4n) is 1.10. The number of nitrogens with zero attached hydrogens (tertiary/aromatic N) is 2. The van der Waals surface area contributed by atoms with Gasteiger partial charge in [0.25, 0.3) is 0 Å². The highest BCUT2D eigenvalue weighted by molar-refractivity contribution is 7.98. The van der Waals surface area contributed by atoms with Crippen molar-refractivity contribution in [1.29, 1.82) is 0 Å². The molecule has 1 heterocycles. The lowest BCUT2D eigenvalue weighted by molar-refractivity contribution is 0.795. The average molecular weight is 275 g/mol. The lowest BCUT2D eigenvalue weighted by Gasteiger charge is -2.14. The van der Waals surface area contributed by atoms with Crippen LogP contribution in [0.1, 0.15) is 30.6 Å². The number of hydrogen-bond acceptors (Lipinski definition) is 4. The van der Waals surface area contributed by atoms with Crippen molar-refractivity contribution in [3.05, 3.63) is 10.8 Å². The largest absolute Gasteiger partial charge is 0.223 e. The second-order valence-electron chi connectivity index (χ2n) is 5.56. The van der Waals surface area contributed by atoms with Gasteiger partial charge in [0.15, 0.2) is 0 Å². The van der Waals surface area contributed by atoms with Gasteiger partial charge in [-0.1, -0.05) is 33.5 Å². The number of rotatable bonds is 6. The Morgan fingerprint density at radius 2 is 2.00 bits per heavy atom. The smallest absolute Gasteiger partial charge is 0.145 e. The molecule has 0 bridgehead atoms. The van der Waals surface area contributed by atoms with E-state index in [4.69, 9.17) is 0 Å². The van der Waals surface area contributed by atoms with Crippen LogP contribution in [-0.2, 0) is 5.75 Å². The van der Waals surface area contributed by atoms with E-state index in [9.17, 15) is 0 Å². The Hall–Kier alpha value is 0.127. The molecule has 0 saturated carbocycles. The van der Waals surface area contributed by atoms with Crippen molar-refractivity contribution in [1.82, 2.24) is 9.36 Å². The van der Waals surface area contributed by atoms with Gasteiger partial charge >= 0.3 is 0 Å². The van der Waals surface area contributed by atoms with Crippen molar-refractivity contribution in [2.75, 3.05) is 5.75 Å². The highest BCUT2D eigenvalue weighted by Crippen LogP contribution is 2.20. The fraction of sp³-hybridized carbons (Fsp3) is 0.818. The molecule has 0 atom stereocenters. The topological polar surface area (TPSA) is 25.8 Å². The lowest BCUT2D eigenvalue weighted by atomic mass is 10.2. The van der Waals surface area contributed by atoms with Crippen molar-refractivity contribution in [2.24, 2.45) is 0 Å². The maximum atomic E-state index is 4.54. The third kappa shape index (κ3) is 5.45. The van der Waals surface area contributed by atoms with Crippen LogP contribution in [0.4, 0.5) is 0 Å². The highest BCUT2D eigenvalue weighted by atomic mass is 32.2. The van der Waals surface area contributed by atoms with Crippen molar-refractivity contribution in [3.63, 3.8) is 0 Å². The maximum Gasteiger partial charge on any atom is 0.145 e. The van der Waals surface area contributed by atoms with Crippen LogP contribution in [0.2, 0.25) is 25.7 Å². The lowest BCUT2D eigenvalue weighted by Crippen LogP contribution is -2.19. The Balaban J connectivity index is 2.27. The van der Waals surface area contributed by atoms with Crippen LogP contribution in [0.25, 0.3) is 0 Å². The molecule has 0 fully saturated rings. The summed E-state index contributed by atoms with van der Waals surface area (Å²) in [5.41, 5.74) is 0. The summed E-state index contributed by atoms with van der Waals surface area (Å²) in [7, 11) is -0.862. The Bertz CT molecular complexity index is 318. The van der Waals surface area contributed by atoms with E-state index in [0.717, 1.165) is 11.6 Å². The summed E-state index contributed by atoms with van der Waals surface area (Å²) in [6.07, 6.45) is 0. The summed E-state index contributed by atoms with van der Waals surface area (Å²) in [4.78, 5) is 4.54. The molecule has 0 radical (unpaired) electrons. The van der Waals surface area contributed by atoms with Gasteiger partial charge in [0, 0.05) is 19.7 Å². The van der Waals surface area contributed by atoms with Crippen LogP contribution in [0.5, 0.6) is 0 Å². The number of thioether (sulfide) groups is 1. The summed E-state index contributed by atoms with van der Waals surface area (Å²) >= 11 is 3.57. The van der Waals surface area contributed by atoms with Crippen molar-refractivity contribution in [3.8, 4) is 0 Å². The maximum absolute atomic E-state index is 4.54. The number of hydrogen-bond donors (Lipinski definition) is 0. The van der Waals surface area contributed by atoms with Gasteiger partial charge in [-0.2, -0.15) is 16.1 Å². The molecular weight excluding hydrogens is 252 g/mol. The molecule has 0 amide bonds. The molecule has 1 aromatic rings. The standard InChI is InChI=1S/C11H22N2S2Si/c1-9(2)11-12-10(15-13-11)8-14-6-7-16(3,4)5/h9H,6-8H2,1-5H3. The summed E-state index contributed by atoms with van der Waals surface area (Å²) in [5.74, 6) is 3.77. The molecule has 1 rings (SSSR count). The van der Waals surface area contributed by atoms with Gasteiger partial charge in [-0.3, -0.25) is 0 Å². The first kappa shape index (κ1) is 14.2. The van der Waals surface area contributed by atoms with Gasteiger partial charge in [-0.05, 0) is 23.3 Å². The molecule has 0 unspecified atom stereocenters. The molecule has 16 heavy (non-hydrogen) atoms. The predicted octanol–water partition coefficient (Wildman–Crippen LogP) is 4.23. The first-order valence-electron chi connectivity index (χ1n) is 5.79. The molecule has 1 aromatic heterocycles. The van der Waals surface area contributed by atoms with E-state index in [1.165, 1.54) is 16.8 Å². The van der Waals surface area contributed by atoms with Gasteiger partial charge in [0.05, 0.1) is 0 Å². The summed E-state index contributed by atoms with van der Waals surface area (Å²) in [5, 5.41) is 1.18. The van der Waals surface area contributed by atoms with E-state index in [1.807, 2.05) is 11.8 Å². The van der Waals surface area contributed by atoms with Crippen LogP contribution >= 0.6 is 23.3 Å². The molecular formula is C11H22N2S2Si. The van der Waals surface area contributed by atoms with E-state index >= 15 is 0 Å². The van der Waals surface area contributed by atoms with E-state index < -0.39 is 8.07 Å². The molecule has 92 valence electrons. The quantitative estimate of drug-likeness (QED) is 0.573. The molecule has 0 spiro atoms. The van der Waals surface area contributed by atoms with Gasteiger partial charge < -0.3 is 0 Å². The van der Waals surface area contributed by atoms with E-state index in [0.29, 0.717) is 5.92 Å². The minimum Gasteiger partial charge on any atom is -0.223 e. The average Bonchev–Trinajstić information content (AvgIpc) is 2.59. The SMILES string of the molecule is CC(C)c1nsc(CSCC[Si](C)(C)C)n1. The van der Waals surface area contributed by atoms with Gasteiger partial charge in [0.1, 0.15) is 10.8 Å². The fourth-order valence-corrected chi connectivity index (χ4v) is 5.56. The van der Waals surface area contributed by atoms with Gasteiger partial charge in [-0.15, -0.1) is 0 Å². The van der Waals surface area contributed by atoms with Crippen LogP contribution < -0.4 is 0 Å².